The summed E-state index contributed by atoms with van der Waals surface area (Å²) in [5.74, 6) is 1.43. The van der Waals surface area contributed by atoms with Crippen molar-refractivity contribution in [2.24, 2.45) is 0 Å². The average molecular weight is 345 g/mol. The summed E-state index contributed by atoms with van der Waals surface area (Å²) in [5, 5.41) is 2.70. The van der Waals surface area contributed by atoms with Crippen molar-refractivity contribution in [1.82, 2.24) is 15.1 Å². The molecule has 3 aliphatic rings. The first-order valence-electron chi connectivity index (χ1n) is 8.86. The van der Waals surface area contributed by atoms with Gasteiger partial charge in [-0.15, -0.1) is 0 Å². The summed E-state index contributed by atoms with van der Waals surface area (Å²) in [4.78, 5) is 28.0. The smallest absolute Gasteiger partial charge is 0.325 e. The number of carbonyl (C=O) groups is 2. The molecule has 7 nitrogen and oxygen atoms in total. The Morgan fingerprint density at radius 1 is 1.24 bits per heavy atom. The Labute approximate surface area is 146 Å². The second-order valence-corrected chi connectivity index (χ2v) is 6.93. The van der Waals surface area contributed by atoms with Crippen molar-refractivity contribution in [3.63, 3.8) is 0 Å². The van der Waals surface area contributed by atoms with E-state index in [0.29, 0.717) is 13.2 Å². The number of amides is 3. The van der Waals surface area contributed by atoms with Gasteiger partial charge in [0, 0.05) is 13.1 Å². The van der Waals surface area contributed by atoms with E-state index in [-0.39, 0.29) is 24.1 Å². The molecule has 0 bridgehead atoms. The van der Waals surface area contributed by atoms with Crippen LogP contribution >= 0.6 is 0 Å². The molecule has 2 saturated heterocycles. The van der Waals surface area contributed by atoms with E-state index in [1.54, 1.807) is 6.92 Å². The number of hydrogen-bond acceptors (Lipinski definition) is 5. The Morgan fingerprint density at radius 2 is 2.04 bits per heavy atom. The van der Waals surface area contributed by atoms with Crippen molar-refractivity contribution in [3.05, 3.63) is 24.3 Å². The number of para-hydroxylation sites is 2. The fraction of sp³-hybridized carbons (Fsp3) is 0.556. The number of nitrogens with zero attached hydrogens (tertiary/aromatic N) is 2. The molecular formula is C18H23N3O4. The molecule has 0 radical (unpaired) electrons. The van der Waals surface area contributed by atoms with E-state index in [2.05, 4.69) is 10.2 Å². The minimum atomic E-state index is -0.422. The van der Waals surface area contributed by atoms with Crippen molar-refractivity contribution in [2.75, 3.05) is 26.2 Å². The highest BCUT2D eigenvalue weighted by atomic mass is 16.6. The quantitative estimate of drug-likeness (QED) is 0.835. The number of piperidine rings is 1. The Balaban J connectivity index is 1.38. The van der Waals surface area contributed by atoms with Gasteiger partial charge in [-0.2, -0.15) is 0 Å². The Hall–Kier alpha value is -2.28. The third-order valence-corrected chi connectivity index (χ3v) is 5.04. The number of fused-ring (bicyclic) bond motifs is 1. The van der Waals surface area contributed by atoms with Gasteiger partial charge in [-0.25, -0.2) is 4.79 Å². The van der Waals surface area contributed by atoms with E-state index in [1.165, 1.54) is 4.90 Å². The van der Waals surface area contributed by atoms with Crippen LogP contribution in [0.1, 0.15) is 19.8 Å². The predicted octanol–water partition coefficient (Wildman–Crippen LogP) is 1.23. The molecule has 2 fully saturated rings. The van der Waals surface area contributed by atoms with E-state index in [9.17, 15) is 9.59 Å². The molecule has 134 valence electrons. The van der Waals surface area contributed by atoms with Crippen LogP contribution in [0.2, 0.25) is 0 Å². The Kier molecular flexibility index (Phi) is 4.25. The molecule has 1 aromatic rings. The molecule has 3 amide bonds. The number of rotatable bonds is 3. The summed E-state index contributed by atoms with van der Waals surface area (Å²) in [7, 11) is 0. The molecular weight excluding hydrogens is 322 g/mol. The van der Waals surface area contributed by atoms with Gasteiger partial charge >= 0.3 is 6.03 Å². The van der Waals surface area contributed by atoms with E-state index in [4.69, 9.17) is 9.47 Å². The minimum absolute atomic E-state index is 0.0457. The van der Waals surface area contributed by atoms with Crippen molar-refractivity contribution >= 4 is 11.9 Å². The minimum Gasteiger partial charge on any atom is -0.486 e. The summed E-state index contributed by atoms with van der Waals surface area (Å²) in [6.07, 6.45) is 1.77. The number of hydrogen-bond donors (Lipinski definition) is 1. The summed E-state index contributed by atoms with van der Waals surface area (Å²) >= 11 is 0. The zero-order valence-corrected chi connectivity index (χ0v) is 14.3. The number of imide groups is 1. The lowest BCUT2D eigenvalue weighted by Crippen LogP contribution is -2.53. The van der Waals surface area contributed by atoms with Gasteiger partial charge in [0.1, 0.15) is 18.8 Å². The van der Waals surface area contributed by atoms with Crippen LogP contribution in [0.15, 0.2) is 24.3 Å². The van der Waals surface area contributed by atoms with Crippen LogP contribution in [0.4, 0.5) is 4.79 Å². The predicted molar refractivity (Wildman–Crippen MR) is 90.7 cm³/mol. The third kappa shape index (κ3) is 3.16. The highest BCUT2D eigenvalue weighted by Gasteiger charge is 2.41. The molecule has 0 aromatic heterocycles. The molecule has 25 heavy (non-hydrogen) atoms. The van der Waals surface area contributed by atoms with Crippen LogP contribution in [0.5, 0.6) is 11.5 Å². The highest BCUT2D eigenvalue weighted by molar-refractivity contribution is 6.04. The largest absolute Gasteiger partial charge is 0.486 e. The van der Waals surface area contributed by atoms with Crippen molar-refractivity contribution in [1.29, 1.82) is 0 Å². The SMILES string of the molecule is C[C@H]1NC(=O)N([C@H]2CCCN(C[C@H]3COc4ccccc4O3)C2)C1=O. The number of nitrogens with one attached hydrogen (secondary N) is 1. The van der Waals surface area contributed by atoms with Crippen LogP contribution in [-0.2, 0) is 4.79 Å². The fourth-order valence-electron chi connectivity index (χ4n) is 3.82. The Bertz CT molecular complexity index is 680. The normalized spacial score (nSPS) is 29.6. The molecule has 4 rings (SSSR count). The lowest BCUT2D eigenvalue weighted by Gasteiger charge is -2.38. The molecule has 0 unspecified atom stereocenters. The van der Waals surface area contributed by atoms with Gasteiger partial charge in [-0.1, -0.05) is 12.1 Å². The lowest BCUT2D eigenvalue weighted by atomic mass is 10.0. The molecule has 3 atom stereocenters. The first-order chi connectivity index (χ1) is 12.1. The summed E-state index contributed by atoms with van der Waals surface area (Å²) in [6, 6.07) is 6.92. The van der Waals surface area contributed by atoms with Gasteiger partial charge < -0.3 is 14.8 Å². The number of benzene rings is 1. The van der Waals surface area contributed by atoms with Gasteiger partial charge in [0.15, 0.2) is 11.5 Å². The fourth-order valence-corrected chi connectivity index (χ4v) is 3.82. The summed E-state index contributed by atoms with van der Waals surface area (Å²) in [6.45, 7) is 4.60. The summed E-state index contributed by atoms with van der Waals surface area (Å²) in [5.41, 5.74) is 0. The topological polar surface area (TPSA) is 71.1 Å². The van der Waals surface area contributed by atoms with Crippen LogP contribution in [0.25, 0.3) is 0 Å². The number of carbonyl (C=O) groups excluding carboxylic acids is 2. The van der Waals surface area contributed by atoms with Crippen molar-refractivity contribution in [3.8, 4) is 11.5 Å². The lowest BCUT2D eigenvalue weighted by molar-refractivity contribution is -0.129. The maximum atomic E-state index is 12.2. The molecule has 0 spiro atoms. The molecule has 3 aliphatic heterocycles. The number of ether oxygens (including phenoxy) is 2. The van der Waals surface area contributed by atoms with Crippen LogP contribution in [0.3, 0.4) is 0 Å². The first kappa shape index (κ1) is 16.2. The van der Waals surface area contributed by atoms with E-state index in [0.717, 1.165) is 37.4 Å². The molecule has 3 heterocycles. The van der Waals surface area contributed by atoms with Crippen LogP contribution in [-0.4, -0.2) is 66.2 Å². The van der Waals surface area contributed by atoms with Gasteiger partial charge in [-0.05, 0) is 38.4 Å². The monoisotopic (exact) mass is 345 g/mol. The third-order valence-electron chi connectivity index (χ3n) is 5.04. The zero-order chi connectivity index (χ0) is 17.4. The highest BCUT2D eigenvalue weighted by Crippen LogP contribution is 2.31. The molecule has 0 saturated carbocycles. The molecule has 0 aliphatic carbocycles. The molecule has 1 aromatic carbocycles. The number of urea groups is 1. The molecule has 7 heteroatoms. The van der Waals surface area contributed by atoms with Crippen molar-refractivity contribution in [2.45, 2.75) is 38.0 Å². The maximum absolute atomic E-state index is 12.2. The standard InChI is InChI=1S/C18H23N3O4/c1-12-17(22)21(18(23)19-12)13-5-4-8-20(9-13)10-14-11-24-15-6-2-3-7-16(15)25-14/h2-3,6-7,12-14H,4-5,8-11H2,1H3,(H,19,23)/t12-,13+,14+/m1/s1. The van der Waals surface area contributed by atoms with E-state index in [1.807, 2.05) is 24.3 Å². The number of likely N-dealkylation sites (tertiary alicyclic amines) is 1. The zero-order valence-electron chi connectivity index (χ0n) is 14.3. The first-order valence-corrected chi connectivity index (χ1v) is 8.86. The second-order valence-electron chi connectivity index (χ2n) is 6.93. The van der Waals surface area contributed by atoms with Gasteiger partial charge in [-0.3, -0.25) is 14.6 Å². The van der Waals surface area contributed by atoms with Crippen LogP contribution < -0.4 is 14.8 Å². The average Bonchev–Trinajstić information content (AvgIpc) is 2.87. The van der Waals surface area contributed by atoms with Gasteiger partial charge in [0.25, 0.3) is 5.91 Å². The van der Waals surface area contributed by atoms with Crippen LogP contribution in [0, 0.1) is 0 Å². The second kappa shape index (κ2) is 6.55. The van der Waals surface area contributed by atoms with Crippen molar-refractivity contribution < 1.29 is 19.1 Å². The van der Waals surface area contributed by atoms with E-state index < -0.39 is 6.04 Å². The summed E-state index contributed by atoms with van der Waals surface area (Å²) < 4.78 is 11.8. The Morgan fingerprint density at radius 3 is 2.80 bits per heavy atom. The molecule has 1 N–H and O–H groups in total. The maximum Gasteiger partial charge on any atom is 0.325 e. The van der Waals surface area contributed by atoms with Gasteiger partial charge in [0.2, 0.25) is 0 Å². The van der Waals surface area contributed by atoms with E-state index >= 15 is 0 Å². The van der Waals surface area contributed by atoms with Gasteiger partial charge in [0.05, 0.1) is 6.04 Å².